The van der Waals surface area contributed by atoms with Gasteiger partial charge in [0.25, 0.3) is 5.78 Å². The van der Waals surface area contributed by atoms with Gasteiger partial charge in [-0.05, 0) is 73.5 Å². The van der Waals surface area contributed by atoms with Crippen LogP contribution in [0, 0.1) is 5.82 Å². The number of anilines is 1. The smallest absolute Gasteiger partial charge is 0.301 e. The number of ketones is 1. The minimum absolute atomic E-state index is 0.137. The number of hydrogen-bond acceptors (Lipinski definition) is 8. The van der Waals surface area contributed by atoms with Crippen molar-refractivity contribution in [3.8, 4) is 17.2 Å². The summed E-state index contributed by atoms with van der Waals surface area (Å²) in [5, 5.41) is 11.6. The molecular formula is C32H31FN2O6S. The third kappa shape index (κ3) is 5.67. The number of Topliss-reactive ketones (excluding diaryl/α,β-unsaturated/α-hetero) is 1. The lowest BCUT2D eigenvalue weighted by Gasteiger charge is -2.24. The molecule has 10 heteroatoms. The predicted molar refractivity (Wildman–Crippen MR) is 160 cm³/mol. The molecule has 8 nitrogen and oxygen atoms in total. The Kier molecular flexibility index (Phi) is 8.72. The molecule has 2 heterocycles. The number of unbranched alkanes of at least 4 members (excludes halogenated alkanes) is 2. The Morgan fingerprint density at radius 2 is 1.79 bits per heavy atom. The summed E-state index contributed by atoms with van der Waals surface area (Å²) in [4.78, 5) is 33.1. The molecular weight excluding hydrogens is 559 g/mol. The topological polar surface area (TPSA) is 98.2 Å². The lowest BCUT2D eigenvalue weighted by molar-refractivity contribution is -0.132. The molecule has 0 spiro atoms. The van der Waals surface area contributed by atoms with Gasteiger partial charge in [-0.2, -0.15) is 0 Å². The number of hydrogen-bond donors (Lipinski definition) is 1. The summed E-state index contributed by atoms with van der Waals surface area (Å²) in [6.45, 7) is 4.85. The number of methoxy groups -OCH3 is 1. The standard InChI is InChI=1S/C32H31FN2O6S/c1-4-6-7-16-41-24-15-10-20(17-25(24)40-5-2)28-27(29(36)19-8-11-21(33)12-9-19)30(37)31(38)35(28)32-34-23-14-13-22(39-3)18-26(23)42-32/h8-15,17-18,28,36H,4-7,16H2,1-3H3/b29-27+. The zero-order valence-corrected chi connectivity index (χ0v) is 24.4. The number of aliphatic hydroxyl groups excluding tert-OH is 1. The minimum Gasteiger partial charge on any atom is -0.507 e. The number of ether oxygens (including phenoxy) is 3. The number of fused-ring (bicyclic) bond motifs is 1. The first-order chi connectivity index (χ1) is 20.4. The van der Waals surface area contributed by atoms with Crippen LogP contribution in [0.2, 0.25) is 0 Å². The fourth-order valence-electron chi connectivity index (χ4n) is 4.85. The molecule has 1 amide bonds. The van der Waals surface area contributed by atoms with Crippen molar-refractivity contribution in [2.75, 3.05) is 25.2 Å². The van der Waals surface area contributed by atoms with Crippen molar-refractivity contribution in [1.29, 1.82) is 0 Å². The molecule has 218 valence electrons. The molecule has 1 aliphatic heterocycles. The Balaban J connectivity index is 1.66. The number of aromatic nitrogens is 1. The van der Waals surface area contributed by atoms with Gasteiger partial charge in [-0.25, -0.2) is 9.37 Å². The van der Waals surface area contributed by atoms with Crippen molar-refractivity contribution in [2.45, 2.75) is 39.2 Å². The van der Waals surface area contributed by atoms with Crippen LogP contribution in [0.1, 0.15) is 50.3 Å². The second kappa shape index (κ2) is 12.6. The fourth-order valence-corrected chi connectivity index (χ4v) is 5.87. The van der Waals surface area contributed by atoms with Crippen molar-refractivity contribution < 1.29 is 33.3 Å². The van der Waals surface area contributed by atoms with Gasteiger partial charge in [-0.1, -0.05) is 37.2 Å². The Morgan fingerprint density at radius 3 is 2.50 bits per heavy atom. The van der Waals surface area contributed by atoms with Gasteiger partial charge >= 0.3 is 5.91 Å². The van der Waals surface area contributed by atoms with Crippen molar-refractivity contribution in [3.05, 3.63) is 83.2 Å². The van der Waals surface area contributed by atoms with Crippen molar-refractivity contribution in [3.63, 3.8) is 0 Å². The molecule has 0 saturated carbocycles. The molecule has 0 bridgehead atoms. The highest BCUT2D eigenvalue weighted by Gasteiger charge is 2.48. The van der Waals surface area contributed by atoms with Gasteiger partial charge in [-0.3, -0.25) is 14.5 Å². The fraction of sp³-hybridized carbons (Fsp3) is 0.281. The van der Waals surface area contributed by atoms with E-state index in [1.807, 2.05) is 6.92 Å². The normalized spacial score (nSPS) is 16.3. The summed E-state index contributed by atoms with van der Waals surface area (Å²) < 4.78 is 31.6. The number of aliphatic hydroxyl groups is 1. The van der Waals surface area contributed by atoms with Gasteiger partial charge < -0.3 is 19.3 Å². The predicted octanol–water partition coefficient (Wildman–Crippen LogP) is 7.04. The number of nitrogens with zero attached hydrogens (tertiary/aromatic N) is 2. The number of carbonyl (C=O) groups is 2. The maximum atomic E-state index is 13.7. The van der Waals surface area contributed by atoms with Crippen LogP contribution in [0.3, 0.4) is 0 Å². The van der Waals surface area contributed by atoms with Gasteiger partial charge in [0.05, 0.1) is 42.2 Å². The van der Waals surface area contributed by atoms with Crippen LogP contribution < -0.4 is 19.1 Å². The second-order valence-electron chi connectivity index (χ2n) is 9.70. The van der Waals surface area contributed by atoms with E-state index >= 15 is 0 Å². The first-order valence-corrected chi connectivity index (χ1v) is 14.6. The molecule has 42 heavy (non-hydrogen) atoms. The number of thiazole rings is 1. The molecule has 1 atom stereocenters. The second-order valence-corrected chi connectivity index (χ2v) is 10.7. The summed E-state index contributed by atoms with van der Waals surface area (Å²) in [6.07, 6.45) is 2.99. The molecule has 4 aromatic rings. The van der Waals surface area contributed by atoms with Crippen LogP contribution in [-0.2, 0) is 9.59 Å². The lowest BCUT2D eigenvalue weighted by atomic mass is 9.95. The Hall–Kier alpha value is -4.44. The van der Waals surface area contributed by atoms with E-state index in [1.54, 1.807) is 43.5 Å². The minimum atomic E-state index is -1.04. The summed E-state index contributed by atoms with van der Waals surface area (Å²) in [5.41, 5.74) is 1.21. The van der Waals surface area contributed by atoms with Crippen LogP contribution in [0.5, 0.6) is 17.2 Å². The van der Waals surface area contributed by atoms with E-state index in [9.17, 15) is 19.1 Å². The van der Waals surface area contributed by atoms with E-state index in [-0.39, 0.29) is 16.3 Å². The Bertz CT molecular complexity index is 1650. The number of carbonyl (C=O) groups excluding carboxylic acids is 2. The zero-order chi connectivity index (χ0) is 29.8. The van der Waals surface area contributed by atoms with Gasteiger partial charge in [0.2, 0.25) is 0 Å². The van der Waals surface area contributed by atoms with E-state index in [0.29, 0.717) is 41.5 Å². The van der Waals surface area contributed by atoms with Crippen LogP contribution in [0.4, 0.5) is 9.52 Å². The highest BCUT2D eigenvalue weighted by molar-refractivity contribution is 7.22. The average Bonchev–Trinajstić information content (AvgIpc) is 3.53. The first-order valence-electron chi connectivity index (χ1n) is 13.8. The molecule has 1 saturated heterocycles. The number of benzene rings is 3. The maximum absolute atomic E-state index is 13.7. The van der Waals surface area contributed by atoms with Crippen LogP contribution in [-0.4, -0.2) is 42.1 Å². The molecule has 1 aliphatic rings. The Morgan fingerprint density at radius 1 is 1.00 bits per heavy atom. The van der Waals surface area contributed by atoms with E-state index < -0.39 is 29.3 Å². The monoisotopic (exact) mass is 590 g/mol. The number of rotatable bonds is 11. The molecule has 0 aliphatic carbocycles. The highest BCUT2D eigenvalue weighted by atomic mass is 32.1. The summed E-state index contributed by atoms with van der Waals surface area (Å²) in [6, 6.07) is 14.6. The molecule has 1 unspecified atom stereocenters. The molecule has 1 N–H and O–H groups in total. The van der Waals surface area contributed by atoms with Gasteiger partial charge in [0.15, 0.2) is 16.6 Å². The van der Waals surface area contributed by atoms with Crippen LogP contribution >= 0.6 is 11.3 Å². The van der Waals surface area contributed by atoms with Gasteiger partial charge in [0.1, 0.15) is 17.3 Å². The van der Waals surface area contributed by atoms with E-state index in [4.69, 9.17) is 14.2 Å². The lowest BCUT2D eigenvalue weighted by Crippen LogP contribution is -2.29. The summed E-state index contributed by atoms with van der Waals surface area (Å²) in [7, 11) is 1.56. The highest BCUT2D eigenvalue weighted by Crippen LogP contribution is 2.46. The molecule has 0 radical (unpaired) electrons. The van der Waals surface area contributed by atoms with E-state index in [2.05, 4.69) is 11.9 Å². The number of amides is 1. The van der Waals surface area contributed by atoms with Crippen molar-refractivity contribution in [2.24, 2.45) is 0 Å². The summed E-state index contributed by atoms with van der Waals surface area (Å²) >= 11 is 1.23. The maximum Gasteiger partial charge on any atom is 0.301 e. The van der Waals surface area contributed by atoms with Crippen molar-refractivity contribution >= 4 is 44.1 Å². The van der Waals surface area contributed by atoms with Crippen LogP contribution in [0.15, 0.2) is 66.2 Å². The zero-order valence-electron chi connectivity index (χ0n) is 23.6. The third-order valence-electron chi connectivity index (χ3n) is 6.94. The first kappa shape index (κ1) is 29.1. The van der Waals surface area contributed by atoms with Crippen molar-refractivity contribution in [1.82, 2.24) is 4.98 Å². The molecule has 3 aromatic carbocycles. The largest absolute Gasteiger partial charge is 0.507 e. The SMILES string of the molecule is CCCCCOc1ccc(C2/C(=C(\O)c3ccc(F)cc3)C(=O)C(=O)N2c2nc3ccc(OC)cc3s2)cc1OCC. The molecule has 5 rings (SSSR count). The van der Waals surface area contributed by atoms with Gasteiger partial charge in [-0.15, -0.1) is 0 Å². The Labute approximate surface area is 247 Å². The van der Waals surface area contributed by atoms with E-state index in [0.717, 1.165) is 24.0 Å². The van der Waals surface area contributed by atoms with Crippen LogP contribution in [0.25, 0.3) is 16.0 Å². The average molecular weight is 591 g/mol. The van der Waals surface area contributed by atoms with E-state index in [1.165, 1.54) is 40.5 Å². The summed E-state index contributed by atoms with van der Waals surface area (Å²) in [5.74, 6) is -1.01. The quantitative estimate of drug-likeness (QED) is 0.0866. The molecule has 1 aromatic heterocycles. The third-order valence-corrected chi connectivity index (χ3v) is 7.96. The molecule has 1 fully saturated rings. The number of halogens is 1. The van der Waals surface area contributed by atoms with Gasteiger partial charge in [0, 0.05) is 5.56 Å².